The van der Waals surface area contributed by atoms with E-state index in [0.717, 1.165) is 5.16 Å². The van der Waals surface area contributed by atoms with Gasteiger partial charge in [0.15, 0.2) is 5.16 Å². The third-order valence-corrected chi connectivity index (χ3v) is 6.31. The molecule has 4 rings (SSSR count). The molecule has 0 N–H and O–H groups in total. The molecule has 0 aliphatic heterocycles. The molecule has 1 aliphatic carbocycles. The van der Waals surface area contributed by atoms with Crippen molar-refractivity contribution in [3.8, 4) is 16.9 Å². The van der Waals surface area contributed by atoms with Crippen molar-refractivity contribution in [2.45, 2.75) is 49.9 Å². The molecule has 0 atom stereocenters. The average molecular weight is 349 g/mol. The fourth-order valence-corrected chi connectivity index (χ4v) is 4.83. The summed E-state index contributed by atoms with van der Waals surface area (Å²) in [6.45, 7) is 4.31. The number of benzene rings is 2. The highest BCUT2D eigenvalue weighted by Crippen LogP contribution is 2.38. The topological polar surface area (TPSA) is 17.8 Å². The molecule has 128 valence electrons. The first-order valence-corrected chi connectivity index (χ1v) is 9.98. The summed E-state index contributed by atoms with van der Waals surface area (Å²) < 4.78 is 2.35. The van der Waals surface area contributed by atoms with Gasteiger partial charge < -0.3 is 0 Å². The lowest BCUT2D eigenvalue weighted by atomic mass is 10.1. The van der Waals surface area contributed by atoms with Gasteiger partial charge >= 0.3 is 0 Å². The summed E-state index contributed by atoms with van der Waals surface area (Å²) in [6.07, 6.45) is 7.37. The van der Waals surface area contributed by atoms with E-state index < -0.39 is 0 Å². The van der Waals surface area contributed by atoms with E-state index in [-0.39, 0.29) is 0 Å². The molecule has 3 aromatic rings. The largest absolute Gasteiger partial charge is 0.287 e. The Bertz CT molecular complexity index is 858. The molecule has 0 bridgehead atoms. The van der Waals surface area contributed by atoms with Gasteiger partial charge in [0.25, 0.3) is 0 Å². The van der Waals surface area contributed by atoms with Gasteiger partial charge in [-0.25, -0.2) is 4.98 Å². The number of aryl methyl sites for hydroxylation is 2. The number of hydrogen-bond donors (Lipinski definition) is 0. The van der Waals surface area contributed by atoms with Crippen molar-refractivity contribution in [1.82, 2.24) is 9.55 Å². The predicted octanol–water partition coefficient (Wildman–Crippen LogP) is 6.19. The number of para-hydroxylation sites is 1. The molecule has 0 saturated heterocycles. The fourth-order valence-electron chi connectivity index (χ4n) is 3.55. The standard InChI is InChI=1S/C22H24N2S/c1-16-11-13-18(14-12-16)21-15-23-22(25-19-8-4-5-9-19)24(21)20-10-6-3-7-17(20)2/h3,6-7,10-15,19H,4-5,8-9H2,1-2H3. The number of hydrogen-bond acceptors (Lipinski definition) is 2. The fraction of sp³-hybridized carbons (Fsp3) is 0.318. The minimum Gasteiger partial charge on any atom is -0.287 e. The van der Waals surface area contributed by atoms with Gasteiger partial charge in [0.1, 0.15) is 0 Å². The second-order valence-electron chi connectivity index (χ2n) is 6.94. The maximum atomic E-state index is 4.82. The van der Waals surface area contributed by atoms with Crippen molar-refractivity contribution >= 4 is 11.8 Å². The zero-order valence-corrected chi connectivity index (χ0v) is 15.7. The van der Waals surface area contributed by atoms with Gasteiger partial charge in [-0.05, 0) is 38.3 Å². The van der Waals surface area contributed by atoms with Crippen molar-refractivity contribution in [2.75, 3.05) is 0 Å². The van der Waals surface area contributed by atoms with Gasteiger partial charge in [0.2, 0.25) is 0 Å². The van der Waals surface area contributed by atoms with E-state index in [9.17, 15) is 0 Å². The number of thioether (sulfide) groups is 1. The number of rotatable bonds is 4. The van der Waals surface area contributed by atoms with E-state index in [4.69, 9.17) is 4.98 Å². The Morgan fingerprint density at radius 2 is 1.68 bits per heavy atom. The van der Waals surface area contributed by atoms with Crippen LogP contribution in [0.5, 0.6) is 0 Å². The van der Waals surface area contributed by atoms with Crippen molar-refractivity contribution < 1.29 is 0 Å². The molecule has 0 amide bonds. The van der Waals surface area contributed by atoms with Gasteiger partial charge in [-0.2, -0.15) is 0 Å². The van der Waals surface area contributed by atoms with Crippen LogP contribution in [0.1, 0.15) is 36.8 Å². The average Bonchev–Trinajstić information content (AvgIpc) is 3.27. The Morgan fingerprint density at radius 3 is 2.40 bits per heavy atom. The first-order chi connectivity index (χ1) is 12.2. The third kappa shape index (κ3) is 3.38. The first kappa shape index (κ1) is 16.5. The van der Waals surface area contributed by atoms with E-state index in [1.807, 2.05) is 18.0 Å². The second kappa shape index (κ2) is 7.09. The Hall–Kier alpha value is -2.00. The Kier molecular flexibility index (Phi) is 4.67. The predicted molar refractivity (Wildman–Crippen MR) is 107 cm³/mol. The van der Waals surface area contributed by atoms with E-state index in [1.165, 1.54) is 53.8 Å². The van der Waals surface area contributed by atoms with Gasteiger partial charge in [-0.3, -0.25) is 4.57 Å². The van der Waals surface area contributed by atoms with Crippen molar-refractivity contribution in [3.05, 3.63) is 65.9 Å². The maximum absolute atomic E-state index is 4.82. The van der Waals surface area contributed by atoms with Crippen molar-refractivity contribution in [1.29, 1.82) is 0 Å². The zero-order chi connectivity index (χ0) is 17.2. The van der Waals surface area contributed by atoms with E-state index in [2.05, 4.69) is 66.9 Å². The van der Waals surface area contributed by atoms with Gasteiger partial charge in [0.05, 0.1) is 17.6 Å². The number of nitrogens with zero attached hydrogens (tertiary/aromatic N) is 2. The van der Waals surface area contributed by atoms with Crippen LogP contribution in [0.4, 0.5) is 0 Å². The van der Waals surface area contributed by atoms with E-state index in [1.54, 1.807) is 0 Å². The summed E-state index contributed by atoms with van der Waals surface area (Å²) in [5.74, 6) is 0. The molecule has 3 heteroatoms. The second-order valence-corrected chi connectivity index (χ2v) is 8.21. The van der Waals surface area contributed by atoms with Crippen LogP contribution in [-0.4, -0.2) is 14.8 Å². The Balaban J connectivity index is 1.82. The lowest BCUT2D eigenvalue weighted by Crippen LogP contribution is -2.04. The van der Waals surface area contributed by atoms with Gasteiger partial charge in [-0.1, -0.05) is 72.6 Å². The zero-order valence-electron chi connectivity index (χ0n) is 14.9. The van der Waals surface area contributed by atoms with E-state index >= 15 is 0 Å². The molecular formula is C22H24N2S. The molecule has 1 fully saturated rings. The van der Waals surface area contributed by atoms with Crippen LogP contribution in [0.25, 0.3) is 16.9 Å². The molecule has 1 heterocycles. The quantitative estimate of drug-likeness (QED) is 0.559. The summed E-state index contributed by atoms with van der Waals surface area (Å²) in [5, 5.41) is 1.83. The third-order valence-electron chi connectivity index (χ3n) is 5.01. The normalized spacial score (nSPS) is 15.0. The first-order valence-electron chi connectivity index (χ1n) is 9.10. The minimum atomic E-state index is 0.705. The van der Waals surface area contributed by atoms with Crippen LogP contribution in [0.2, 0.25) is 0 Å². The summed E-state index contributed by atoms with van der Waals surface area (Å²) in [6, 6.07) is 17.3. The molecule has 1 aliphatic rings. The lowest BCUT2D eigenvalue weighted by Gasteiger charge is -2.16. The smallest absolute Gasteiger partial charge is 0.173 e. The molecular weight excluding hydrogens is 324 g/mol. The molecule has 2 aromatic carbocycles. The number of aromatic nitrogens is 2. The van der Waals surface area contributed by atoms with Crippen LogP contribution < -0.4 is 0 Å². The summed E-state index contributed by atoms with van der Waals surface area (Å²) in [4.78, 5) is 4.82. The summed E-state index contributed by atoms with van der Waals surface area (Å²) in [5.41, 5.74) is 6.19. The van der Waals surface area contributed by atoms with Crippen LogP contribution >= 0.6 is 11.8 Å². The highest BCUT2D eigenvalue weighted by atomic mass is 32.2. The molecule has 0 spiro atoms. The monoisotopic (exact) mass is 348 g/mol. The molecule has 0 radical (unpaired) electrons. The van der Waals surface area contributed by atoms with Crippen molar-refractivity contribution in [2.24, 2.45) is 0 Å². The van der Waals surface area contributed by atoms with Crippen LogP contribution in [0.3, 0.4) is 0 Å². The maximum Gasteiger partial charge on any atom is 0.173 e. The van der Waals surface area contributed by atoms with Crippen LogP contribution in [-0.2, 0) is 0 Å². The minimum absolute atomic E-state index is 0.705. The summed E-state index contributed by atoms with van der Waals surface area (Å²) in [7, 11) is 0. The highest BCUT2D eigenvalue weighted by molar-refractivity contribution is 7.99. The SMILES string of the molecule is Cc1ccc(-c2cnc(SC3CCCC3)n2-c2ccccc2C)cc1. The highest BCUT2D eigenvalue weighted by Gasteiger charge is 2.21. The van der Waals surface area contributed by atoms with E-state index in [0.29, 0.717) is 5.25 Å². The van der Waals surface area contributed by atoms with Crippen molar-refractivity contribution in [3.63, 3.8) is 0 Å². The molecule has 1 saturated carbocycles. The van der Waals surface area contributed by atoms with Crippen LogP contribution in [0.15, 0.2) is 59.9 Å². The Morgan fingerprint density at radius 1 is 0.960 bits per heavy atom. The number of imidazole rings is 1. The van der Waals surface area contributed by atoms with Gasteiger partial charge in [-0.15, -0.1) is 0 Å². The molecule has 2 nitrogen and oxygen atoms in total. The van der Waals surface area contributed by atoms with Crippen LogP contribution in [0, 0.1) is 13.8 Å². The molecule has 1 aromatic heterocycles. The molecule has 0 unspecified atom stereocenters. The molecule has 25 heavy (non-hydrogen) atoms. The summed E-state index contributed by atoms with van der Waals surface area (Å²) >= 11 is 1.95. The Labute approximate surface area is 154 Å². The van der Waals surface area contributed by atoms with Gasteiger partial charge in [0, 0.05) is 10.8 Å². The lowest BCUT2D eigenvalue weighted by molar-refractivity contribution is 0.858.